The summed E-state index contributed by atoms with van der Waals surface area (Å²) in [6, 6.07) is 9.99. The number of hydrogen-bond donors (Lipinski definition) is 1. The van der Waals surface area contributed by atoms with Crippen molar-refractivity contribution in [3.8, 4) is 0 Å². The Morgan fingerprint density at radius 3 is 2.42 bits per heavy atom. The highest BCUT2D eigenvalue weighted by Gasteiger charge is 2.29. The molecule has 208 valence electrons. The third kappa shape index (κ3) is 7.87. The number of nitrogens with one attached hydrogen (secondary N) is 1. The van der Waals surface area contributed by atoms with E-state index in [2.05, 4.69) is 5.32 Å². The Hall–Kier alpha value is -2.29. The fraction of sp³-hybridized carbons (Fsp3) is 0.500. The second-order valence-corrected chi connectivity index (χ2v) is 12.8. The van der Waals surface area contributed by atoms with E-state index in [-0.39, 0.29) is 37.4 Å². The molecule has 1 atom stereocenters. The molecule has 1 N–H and O–H groups in total. The molecule has 0 bridgehead atoms. The maximum Gasteiger partial charge on any atom is 0.242 e. The van der Waals surface area contributed by atoms with Crippen LogP contribution in [0.5, 0.6) is 0 Å². The van der Waals surface area contributed by atoms with Crippen LogP contribution in [0.4, 0.5) is 5.69 Å². The van der Waals surface area contributed by atoms with Crippen molar-refractivity contribution in [2.24, 2.45) is 0 Å². The van der Waals surface area contributed by atoms with Crippen LogP contribution in [0, 0.1) is 13.8 Å². The third-order valence-electron chi connectivity index (χ3n) is 7.22. The molecular weight excluding hydrogens is 545 g/mol. The zero-order valence-electron chi connectivity index (χ0n) is 22.5. The molecule has 0 aliphatic heterocycles. The van der Waals surface area contributed by atoms with Gasteiger partial charge in [0.1, 0.15) is 6.04 Å². The minimum atomic E-state index is -3.56. The number of hydrogen-bond acceptors (Lipinski definition) is 4. The van der Waals surface area contributed by atoms with Crippen LogP contribution in [0.3, 0.4) is 0 Å². The number of halogens is 2. The summed E-state index contributed by atoms with van der Waals surface area (Å²) in [4.78, 5) is 28.1. The van der Waals surface area contributed by atoms with Crippen LogP contribution in [0.1, 0.15) is 62.1 Å². The molecule has 1 saturated carbocycles. The molecule has 0 radical (unpaired) electrons. The molecule has 0 saturated heterocycles. The maximum atomic E-state index is 13.5. The van der Waals surface area contributed by atoms with E-state index in [4.69, 9.17) is 23.2 Å². The number of rotatable bonds is 11. The number of carbonyl (C=O) groups is 2. The van der Waals surface area contributed by atoms with E-state index in [0.29, 0.717) is 27.7 Å². The fourth-order valence-electron chi connectivity index (χ4n) is 4.80. The third-order valence-corrected chi connectivity index (χ3v) is 8.99. The van der Waals surface area contributed by atoms with Crippen LogP contribution in [-0.4, -0.2) is 50.0 Å². The van der Waals surface area contributed by atoms with Gasteiger partial charge < -0.3 is 10.2 Å². The van der Waals surface area contributed by atoms with Gasteiger partial charge in [-0.3, -0.25) is 13.9 Å². The zero-order valence-corrected chi connectivity index (χ0v) is 24.8. The summed E-state index contributed by atoms with van der Waals surface area (Å²) in [5, 5.41) is 3.97. The smallest absolute Gasteiger partial charge is 0.242 e. The molecule has 2 amide bonds. The molecule has 0 spiro atoms. The summed E-state index contributed by atoms with van der Waals surface area (Å²) < 4.78 is 26.6. The largest absolute Gasteiger partial charge is 0.352 e. The minimum Gasteiger partial charge on any atom is -0.352 e. The molecule has 0 aromatic heterocycles. The number of benzene rings is 2. The molecule has 7 nitrogen and oxygen atoms in total. The number of nitrogens with zero attached hydrogens (tertiary/aromatic N) is 2. The Balaban J connectivity index is 1.77. The highest BCUT2D eigenvalue weighted by atomic mass is 35.5. The summed E-state index contributed by atoms with van der Waals surface area (Å²) in [6.45, 7) is 5.82. The van der Waals surface area contributed by atoms with Crippen LogP contribution >= 0.6 is 23.2 Å². The van der Waals surface area contributed by atoms with Crippen molar-refractivity contribution in [2.75, 3.05) is 17.1 Å². The van der Waals surface area contributed by atoms with E-state index in [1.807, 2.05) is 26.0 Å². The van der Waals surface area contributed by atoms with Crippen LogP contribution in [0.25, 0.3) is 0 Å². The van der Waals surface area contributed by atoms with E-state index in [9.17, 15) is 18.0 Å². The Labute approximate surface area is 236 Å². The molecule has 2 aromatic carbocycles. The van der Waals surface area contributed by atoms with E-state index in [1.54, 1.807) is 31.2 Å². The lowest BCUT2D eigenvalue weighted by atomic mass is 10.1. The summed E-state index contributed by atoms with van der Waals surface area (Å²) in [7, 11) is -3.56. The molecule has 1 aliphatic rings. The van der Waals surface area contributed by atoms with Gasteiger partial charge >= 0.3 is 0 Å². The SMILES string of the molecule is Cc1cccc(N(CCCC(=O)N(Cc2ccc(Cl)cc2Cl)[C@@H](C)C(=O)NC2CCCC2)S(C)(=O)=O)c1C. The van der Waals surface area contributed by atoms with E-state index < -0.39 is 16.1 Å². The number of carbonyl (C=O) groups excluding carboxylic acids is 2. The standard InChI is InChI=1S/C28H37Cl2N3O4S/c1-19-9-7-12-26(20(19)2)33(38(4,36)37)16-8-13-27(34)32(18-22-14-15-23(29)17-25(22)30)21(3)28(35)31-24-10-5-6-11-24/h7,9,12,14-15,17,21,24H,5-6,8,10-11,13,16,18H2,1-4H3,(H,31,35)/t21-/m0/s1. The Bertz CT molecular complexity index is 1260. The first-order chi connectivity index (χ1) is 17.9. The van der Waals surface area contributed by atoms with Gasteiger partial charge in [0.25, 0.3) is 0 Å². The number of sulfonamides is 1. The van der Waals surface area contributed by atoms with Gasteiger partial charge in [-0.2, -0.15) is 0 Å². The molecular formula is C28H37Cl2N3O4S. The molecule has 1 aliphatic carbocycles. The first-order valence-corrected chi connectivity index (χ1v) is 15.6. The maximum absolute atomic E-state index is 13.5. The second-order valence-electron chi connectivity index (χ2n) is 10.1. The van der Waals surface area contributed by atoms with Crippen molar-refractivity contribution in [1.82, 2.24) is 10.2 Å². The van der Waals surface area contributed by atoms with Crippen molar-refractivity contribution in [1.29, 1.82) is 0 Å². The molecule has 1 fully saturated rings. The van der Waals surface area contributed by atoms with Crippen molar-refractivity contribution >= 4 is 50.7 Å². The molecule has 10 heteroatoms. The van der Waals surface area contributed by atoms with Crippen LogP contribution in [0.15, 0.2) is 36.4 Å². The summed E-state index contributed by atoms with van der Waals surface area (Å²) in [5.41, 5.74) is 3.15. The molecule has 0 heterocycles. The number of anilines is 1. The van der Waals surface area contributed by atoms with Gasteiger partial charge in [-0.1, -0.05) is 54.2 Å². The lowest BCUT2D eigenvalue weighted by molar-refractivity contribution is -0.140. The Morgan fingerprint density at radius 2 is 1.79 bits per heavy atom. The highest BCUT2D eigenvalue weighted by molar-refractivity contribution is 7.92. The monoisotopic (exact) mass is 581 g/mol. The summed E-state index contributed by atoms with van der Waals surface area (Å²) >= 11 is 12.4. The summed E-state index contributed by atoms with van der Waals surface area (Å²) in [6.07, 6.45) is 5.58. The van der Waals surface area contributed by atoms with Gasteiger partial charge in [0.2, 0.25) is 21.8 Å². The summed E-state index contributed by atoms with van der Waals surface area (Å²) in [5.74, 6) is -0.456. The lowest BCUT2D eigenvalue weighted by Crippen LogP contribution is -2.49. The van der Waals surface area contributed by atoms with Gasteiger partial charge in [-0.25, -0.2) is 8.42 Å². The number of aryl methyl sites for hydroxylation is 1. The van der Waals surface area contributed by atoms with E-state index >= 15 is 0 Å². The fourth-order valence-corrected chi connectivity index (χ4v) is 6.28. The molecule has 0 unspecified atom stereocenters. The predicted molar refractivity (Wildman–Crippen MR) is 154 cm³/mol. The van der Waals surface area contributed by atoms with Crippen LogP contribution in [-0.2, 0) is 26.2 Å². The quantitative estimate of drug-likeness (QED) is 0.372. The molecule has 3 rings (SSSR count). The predicted octanol–water partition coefficient (Wildman–Crippen LogP) is 5.63. The average molecular weight is 583 g/mol. The minimum absolute atomic E-state index is 0.0726. The first kappa shape index (κ1) is 30.3. The van der Waals surface area contributed by atoms with Crippen molar-refractivity contribution < 1.29 is 18.0 Å². The van der Waals surface area contributed by atoms with Crippen LogP contribution in [0.2, 0.25) is 10.0 Å². The van der Waals surface area contributed by atoms with E-state index in [1.165, 1.54) is 15.5 Å². The van der Waals surface area contributed by atoms with Crippen molar-refractivity contribution in [3.63, 3.8) is 0 Å². The van der Waals surface area contributed by atoms with Gasteiger partial charge in [0.05, 0.1) is 11.9 Å². The second kappa shape index (κ2) is 13.2. The topological polar surface area (TPSA) is 86.8 Å². The van der Waals surface area contributed by atoms with Gasteiger partial charge in [0, 0.05) is 35.6 Å². The van der Waals surface area contributed by atoms with Crippen molar-refractivity contribution in [3.05, 3.63) is 63.1 Å². The Kier molecular flexibility index (Phi) is 10.5. The van der Waals surface area contributed by atoms with Gasteiger partial charge in [-0.15, -0.1) is 0 Å². The molecule has 2 aromatic rings. The van der Waals surface area contributed by atoms with Crippen LogP contribution < -0.4 is 9.62 Å². The molecule has 38 heavy (non-hydrogen) atoms. The first-order valence-electron chi connectivity index (χ1n) is 13.0. The zero-order chi connectivity index (χ0) is 28.0. The number of amides is 2. The van der Waals surface area contributed by atoms with E-state index in [0.717, 1.165) is 36.8 Å². The van der Waals surface area contributed by atoms with Crippen molar-refractivity contribution in [2.45, 2.75) is 77.9 Å². The average Bonchev–Trinajstić information content (AvgIpc) is 3.35. The normalized spacial score (nSPS) is 14.8. The van der Waals surface area contributed by atoms with Gasteiger partial charge in [0.15, 0.2) is 0 Å². The Morgan fingerprint density at radius 1 is 1.11 bits per heavy atom. The lowest BCUT2D eigenvalue weighted by Gasteiger charge is -2.30. The van der Waals surface area contributed by atoms with Gasteiger partial charge in [-0.05, 0) is 74.9 Å². The highest BCUT2D eigenvalue weighted by Crippen LogP contribution is 2.27.